The number of rotatable bonds is 2. The summed E-state index contributed by atoms with van der Waals surface area (Å²) in [5.41, 5.74) is 5.10. The zero-order valence-corrected chi connectivity index (χ0v) is 21.8. The normalized spacial score (nSPS) is 14.6. The largest absolute Gasteiger partial charge is 0.489 e. The zero-order valence-electron chi connectivity index (χ0n) is 21.8. The first-order valence-electron chi connectivity index (χ1n) is 12.3. The highest BCUT2D eigenvalue weighted by molar-refractivity contribution is 5.94. The SMILES string of the molecule is Cc1noc(C)c1-c1ccc2nc(C3=CCN(C(=O)OC(C)(C)C)C3)n3c2c1OCC3.c1ccncc1. The molecule has 0 aliphatic carbocycles. The fourth-order valence-corrected chi connectivity index (χ4v) is 4.60. The Morgan fingerprint density at radius 1 is 1.11 bits per heavy atom. The van der Waals surface area contributed by atoms with E-state index < -0.39 is 5.60 Å². The summed E-state index contributed by atoms with van der Waals surface area (Å²) in [6, 6.07) is 9.75. The number of nitrogens with zero attached hydrogens (tertiary/aromatic N) is 5. The van der Waals surface area contributed by atoms with Gasteiger partial charge in [0.05, 0.1) is 29.9 Å². The molecular weight excluding hydrogens is 470 g/mol. The molecule has 4 aromatic rings. The van der Waals surface area contributed by atoms with Crippen LogP contribution in [-0.4, -0.2) is 56.0 Å². The van der Waals surface area contributed by atoms with Crippen LogP contribution in [0.25, 0.3) is 27.7 Å². The molecule has 0 spiro atoms. The highest BCUT2D eigenvalue weighted by atomic mass is 16.6. The molecule has 2 aliphatic heterocycles. The van der Waals surface area contributed by atoms with E-state index in [2.05, 4.69) is 20.8 Å². The number of pyridine rings is 1. The van der Waals surface area contributed by atoms with Gasteiger partial charge in [-0.2, -0.15) is 0 Å². The van der Waals surface area contributed by atoms with Gasteiger partial charge in [0.2, 0.25) is 0 Å². The Morgan fingerprint density at radius 3 is 2.51 bits per heavy atom. The van der Waals surface area contributed by atoms with Crippen molar-refractivity contribution in [2.45, 2.75) is 46.8 Å². The lowest BCUT2D eigenvalue weighted by Crippen LogP contribution is -2.35. The molecule has 0 saturated carbocycles. The number of hydrogen-bond acceptors (Lipinski definition) is 7. The van der Waals surface area contributed by atoms with Crippen molar-refractivity contribution in [1.82, 2.24) is 24.6 Å². The van der Waals surface area contributed by atoms with Gasteiger partial charge in [0, 0.05) is 30.1 Å². The van der Waals surface area contributed by atoms with Gasteiger partial charge >= 0.3 is 6.09 Å². The number of carbonyl (C=O) groups is 1. The van der Waals surface area contributed by atoms with Gasteiger partial charge in [-0.15, -0.1) is 0 Å². The van der Waals surface area contributed by atoms with Crippen LogP contribution in [0, 0.1) is 13.8 Å². The first kappa shape index (κ1) is 24.5. The summed E-state index contributed by atoms with van der Waals surface area (Å²) in [4.78, 5) is 22.9. The quantitative estimate of drug-likeness (QED) is 0.362. The number of aryl methyl sites for hydroxylation is 2. The highest BCUT2D eigenvalue weighted by Gasteiger charge is 2.30. The van der Waals surface area contributed by atoms with Crippen LogP contribution in [0.5, 0.6) is 5.75 Å². The lowest BCUT2D eigenvalue weighted by atomic mass is 10.0. The lowest BCUT2D eigenvalue weighted by molar-refractivity contribution is 0.0306. The van der Waals surface area contributed by atoms with E-state index in [4.69, 9.17) is 19.0 Å². The molecule has 192 valence electrons. The molecule has 0 saturated heterocycles. The van der Waals surface area contributed by atoms with Crippen LogP contribution in [-0.2, 0) is 11.3 Å². The number of aromatic nitrogens is 4. The summed E-state index contributed by atoms with van der Waals surface area (Å²) in [5.74, 6) is 2.45. The minimum absolute atomic E-state index is 0.307. The molecular formula is C28H31N5O4. The van der Waals surface area contributed by atoms with Crippen LogP contribution in [0.4, 0.5) is 4.79 Å². The topological polar surface area (TPSA) is 95.5 Å². The van der Waals surface area contributed by atoms with Crippen molar-refractivity contribution < 1.29 is 18.8 Å². The Bertz CT molecular complexity index is 1420. The Kier molecular flexibility index (Phi) is 6.45. The smallest absolute Gasteiger partial charge is 0.410 e. The van der Waals surface area contributed by atoms with E-state index in [0.717, 1.165) is 50.8 Å². The molecule has 1 aromatic carbocycles. The third kappa shape index (κ3) is 4.94. The third-order valence-electron chi connectivity index (χ3n) is 6.15. The minimum Gasteiger partial charge on any atom is -0.489 e. The molecule has 0 unspecified atom stereocenters. The van der Waals surface area contributed by atoms with Crippen molar-refractivity contribution in [2.75, 3.05) is 19.7 Å². The fourth-order valence-electron chi connectivity index (χ4n) is 4.60. The van der Waals surface area contributed by atoms with Gasteiger partial charge in [-0.3, -0.25) is 4.98 Å². The summed E-state index contributed by atoms with van der Waals surface area (Å²) in [5, 5.41) is 4.10. The number of imidazole rings is 1. The van der Waals surface area contributed by atoms with Gasteiger partial charge in [0.15, 0.2) is 5.75 Å². The first-order valence-corrected chi connectivity index (χ1v) is 12.3. The van der Waals surface area contributed by atoms with Crippen molar-refractivity contribution in [3.8, 4) is 16.9 Å². The van der Waals surface area contributed by atoms with Crippen molar-refractivity contribution in [2.24, 2.45) is 0 Å². The molecule has 37 heavy (non-hydrogen) atoms. The van der Waals surface area contributed by atoms with E-state index in [-0.39, 0.29) is 6.09 Å². The number of hydrogen-bond donors (Lipinski definition) is 0. The van der Waals surface area contributed by atoms with Gasteiger partial charge in [-0.05, 0) is 58.9 Å². The Hall–Kier alpha value is -4.14. The average molecular weight is 502 g/mol. The molecule has 5 heterocycles. The molecule has 2 aliphatic rings. The molecule has 0 fully saturated rings. The Morgan fingerprint density at radius 2 is 1.89 bits per heavy atom. The van der Waals surface area contributed by atoms with Crippen LogP contribution in [0.2, 0.25) is 0 Å². The van der Waals surface area contributed by atoms with Gasteiger partial charge in [-0.25, -0.2) is 9.78 Å². The molecule has 0 N–H and O–H groups in total. The van der Waals surface area contributed by atoms with Crippen LogP contribution < -0.4 is 4.74 Å². The van der Waals surface area contributed by atoms with Crippen LogP contribution in [0.3, 0.4) is 0 Å². The molecule has 0 bridgehead atoms. The predicted octanol–water partition coefficient (Wildman–Crippen LogP) is 5.42. The van der Waals surface area contributed by atoms with Crippen molar-refractivity contribution >= 4 is 22.7 Å². The van der Waals surface area contributed by atoms with Crippen molar-refractivity contribution in [3.05, 3.63) is 66.1 Å². The average Bonchev–Trinajstić information content (AvgIpc) is 3.59. The van der Waals surface area contributed by atoms with E-state index in [1.165, 1.54) is 0 Å². The Labute approximate surface area is 215 Å². The number of carbonyl (C=O) groups excluding carboxylic acids is 1. The maximum atomic E-state index is 12.5. The van der Waals surface area contributed by atoms with Gasteiger partial charge in [-0.1, -0.05) is 17.3 Å². The van der Waals surface area contributed by atoms with E-state index in [9.17, 15) is 4.79 Å². The maximum Gasteiger partial charge on any atom is 0.410 e. The lowest BCUT2D eigenvalue weighted by Gasteiger charge is -2.24. The van der Waals surface area contributed by atoms with Crippen LogP contribution in [0.1, 0.15) is 38.0 Å². The van der Waals surface area contributed by atoms with Gasteiger partial charge in [0.25, 0.3) is 0 Å². The standard InChI is InChI=1S/C23H26N4O4.C5H5N/c1-13-18(14(2)31-25-13)16-6-7-17-19-20(16)29-11-10-27(19)21(24-17)15-8-9-26(12-15)22(28)30-23(3,4)5;1-2-4-6-5-3-1/h6-8H,9-12H2,1-5H3;1-5H. The molecule has 9 heteroatoms. The summed E-state index contributed by atoms with van der Waals surface area (Å²) in [6.07, 6.45) is 5.25. The monoisotopic (exact) mass is 501 g/mol. The summed E-state index contributed by atoms with van der Waals surface area (Å²) >= 11 is 0. The molecule has 0 atom stereocenters. The van der Waals surface area contributed by atoms with Crippen molar-refractivity contribution in [1.29, 1.82) is 0 Å². The number of benzene rings is 1. The van der Waals surface area contributed by atoms with Crippen LogP contribution in [0.15, 0.2) is 53.3 Å². The third-order valence-corrected chi connectivity index (χ3v) is 6.15. The molecule has 9 nitrogen and oxygen atoms in total. The zero-order chi connectivity index (χ0) is 26.2. The van der Waals surface area contributed by atoms with Crippen molar-refractivity contribution in [3.63, 3.8) is 0 Å². The molecule has 0 radical (unpaired) electrons. The second-order valence-electron chi connectivity index (χ2n) is 10.1. The predicted molar refractivity (Wildman–Crippen MR) is 140 cm³/mol. The number of amides is 1. The van der Waals surface area contributed by atoms with E-state index in [0.29, 0.717) is 26.2 Å². The second kappa shape index (κ2) is 9.72. The summed E-state index contributed by atoms with van der Waals surface area (Å²) in [7, 11) is 0. The first-order chi connectivity index (χ1) is 17.7. The summed E-state index contributed by atoms with van der Waals surface area (Å²) in [6.45, 7) is 11.7. The molecule has 6 rings (SSSR count). The Balaban J connectivity index is 0.000000412. The van der Waals surface area contributed by atoms with E-state index in [1.54, 1.807) is 17.3 Å². The maximum absolute atomic E-state index is 12.5. The minimum atomic E-state index is -0.519. The van der Waals surface area contributed by atoms with E-state index >= 15 is 0 Å². The molecule has 1 amide bonds. The van der Waals surface area contributed by atoms with E-state index in [1.807, 2.05) is 65.0 Å². The fraction of sp³-hybridized carbons (Fsp3) is 0.357. The van der Waals surface area contributed by atoms with Crippen LogP contribution >= 0.6 is 0 Å². The summed E-state index contributed by atoms with van der Waals surface area (Å²) < 4.78 is 19.2. The van der Waals surface area contributed by atoms with Gasteiger partial charge < -0.3 is 23.5 Å². The highest BCUT2D eigenvalue weighted by Crippen LogP contribution is 2.42. The second-order valence-corrected chi connectivity index (χ2v) is 10.1. The molecule has 3 aromatic heterocycles. The number of ether oxygens (including phenoxy) is 2. The van der Waals surface area contributed by atoms with Gasteiger partial charge in [0.1, 0.15) is 29.3 Å².